The van der Waals surface area contributed by atoms with Gasteiger partial charge in [0.25, 0.3) is 0 Å². The van der Waals surface area contributed by atoms with Gasteiger partial charge >= 0.3 is 0 Å². The predicted octanol–water partition coefficient (Wildman–Crippen LogP) is 3.23. The first-order valence-corrected chi connectivity index (χ1v) is 8.50. The molecule has 0 aromatic carbocycles. The molecule has 0 saturated carbocycles. The largest absolute Gasteiger partial charge is 0.229 e. The van der Waals surface area contributed by atoms with Gasteiger partial charge in [0, 0.05) is 9.35 Å². The first-order valence-electron chi connectivity index (χ1n) is 4.57. The van der Waals surface area contributed by atoms with E-state index in [2.05, 4.69) is 15.9 Å². The van der Waals surface area contributed by atoms with E-state index >= 15 is 0 Å². The zero-order valence-electron chi connectivity index (χ0n) is 7.82. The maximum Gasteiger partial charge on any atom is 0.150 e. The average molecular weight is 330 g/mol. The third-order valence-corrected chi connectivity index (χ3v) is 7.03. The average Bonchev–Trinajstić information content (AvgIpc) is 2.71. The number of hydrogen-bond donors (Lipinski definition) is 0. The summed E-state index contributed by atoms with van der Waals surface area (Å²) in [5.41, 5.74) is 0. The Kier molecular flexibility index (Phi) is 3.45. The number of sulfone groups is 1. The fourth-order valence-electron chi connectivity index (χ4n) is 1.77. The third kappa shape index (κ3) is 2.57. The minimum atomic E-state index is -2.84. The monoisotopic (exact) mass is 328 g/mol. The summed E-state index contributed by atoms with van der Waals surface area (Å²) in [5.74, 6) is 0.571. The Bertz CT molecular complexity index is 454. The van der Waals surface area contributed by atoms with E-state index in [1.165, 1.54) is 0 Å². The van der Waals surface area contributed by atoms with Crippen LogP contribution in [0, 0.1) is 5.92 Å². The zero-order valence-corrected chi connectivity index (χ0v) is 11.8. The molecule has 0 bridgehead atoms. The summed E-state index contributed by atoms with van der Waals surface area (Å²) in [6.07, 6.45) is 0.681. The van der Waals surface area contributed by atoms with Gasteiger partial charge in [-0.2, -0.15) is 0 Å². The maximum atomic E-state index is 11.3. The molecule has 0 spiro atoms. The van der Waals surface area contributed by atoms with Crippen molar-refractivity contribution in [2.45, 2.75) is 11.8 Å². The summed E-state index contributed by atoms with van der Waals surface area (Å²) < 4.78 is 23.6. The third-order valence-electron chi connectivity index (χ3n) is 2.58. The Labute approximate surface area is 107 Å². The summed E-state index contributed by atoms with van der Waals surface area (Å²) in [5, 5.41) is 1.77. The minimum absolute atomic E-state index is 0.0617. The van der Waals surface area contributed by atoms with Gasteiger partial charge in [-0.3, -0.25) is 0 Å². The van der Waals surface area contributed by atoms with Crippen molar-refractivity contribution in [2.75, 3.05) is 11.5 Å². The van der Waals surface area contributed by atoms with Crippen LogP contribution in [-0.2, 0) is 9.84 Å². The van der Waals surface area contributed by atoms with Crippen LogP contribution in [0.2, 0.25) is 0 Å². The topological polar surface area (TPSA) is 34.1 Å². The SMILES string of the molecule is O=S1(=O)CCC(C(Cl)c2sccc2Br)C1. The molecule has 84 valence electrons. The van der Waals surface area contributed by atoms with Crippen molar-refractivity contribution in [3.63, 3.8) is 0 Å². The molecule has 2 heterocycles. The number of halogens is 2. The standard InChI is InChI=1S/C9H10BrClO2S2/c10-7-1-3-14-9(7)8(11)6-2-4-15(12,13)5-6/h1,3,6,8H,2,4-5H2. The Morgan fingerprint density at radius 2 is 2.33 bits per heavy atom. The second kappa shape index (κ2) is 4.35. The van der Waals surface area contributed by atoms with Gasteiger partial charge in [-0.05, 0) is 39.7 Å². The van der Waals surface area contributed by atoms with Crippen LogP contribution in [0.1, 0.15) is 16.7 Å². The van der Waals surface area contributed by atoms with Crippen LogP contribution in [0.25, 0.3) is 0 Å². The lowest BCUT2D eigenvalue weighted by Crippen LogP contribution is -2.09. The fourth-order valence-corrected chi connectivity index (χ4v) is 6.02. The molecule has 2 rings (SSSR count). The van der Waals surface area contributed by atoms with Gasteiger partial charge in [-0.25, -0.2) is 8.42 Å². The molecule has 1 aliphatic heterocycles. The van der Waals surface area contributed by atoms with Crippen LogP contribution >= 0.6 is 38.9 Å². The van der Waals surface area contributed by atoms with Crippen molar-refractivity contribution in [2.24, 2.45) is 5.92 Å². The van der Waals surface area contributed by atoms with Crippen LogP contribution in [0.3, 0.4) is 0 Å². The maximum absolute atomic E-state index is 11.3. The molecule has 0 N–H and O–H groups in total. The van der Waals surface area contributed by atoms with E-state index < -0.39 is 9.84 Å². The van der Waals surface area contributed by atoms with Gasteiger partial charge in [0.05, 0.1) is 16.9 Å². The van der Waals surface area contributed by atoms with Gasteiger partial charge in [-0.1, -0.05) is 0 Å². The Morgan fingerprint density at radius 1 is 1.60 bits per heavy atom. The molecule has 2 atom stereocenters. The van der Waals surface area contributed by atoms with Crippen LogP contribution in [-0.4, -0.2) is 19.9 Å². The lowest BCUT2D eigenvalue weighted by Gasteiger charge is -2.14. The van der Waals surface area contributed by atoms with Crippen LogP contribution in [0.15, 0.2) is 15.9 Å². The van der Waals surface area contributed by atoms with Gasteiger partial charge in [0.1, 0.15) is 0 Å². The lowest BCUT2D eigenvalue weighted by molar-refractivity contribution is 0.572. The van der Waals surface area contributed by atoms with Crippen molar-refractivity contribution in [3.8, 4) is 0 Å². The highest BCUT2D eigenvalue weighted by Crippen LogP contribution is 2.41. The van der Waals surface area contributed by atoms with E-state index in [1.807, 2.05) is 11.4 Å². The van der Waals surface area contributed by atoms with Crippen LogP contribution in [0.5, 0.6) is 0 Å². The highest BCUT2D eigenvalue weighted by Gasteiger charge is 2.34. The molecular weight excluding hydrogens is 320 g/mol. The van der Waals surface area contributed by atoms with Gasteiger partial charge in [0.15, 0.2) is 9.84 Å². The van der Waals surface area contributed by atoms with E-state index in [0.29, 0.717) is 6.42 Å². The minimum Gasteiger partial charge on any atom is -0.229 e. The fraction of sp³-hybridized carbons (Fsp3) is 0.556. The van der Waals surface area contributed by atoms with Crippen molar-refractivity contribution >= 4 is 48.7 Å². The molecule has 1 aliphatic rings. The lowest BCUT2D eigenvalue weighted by atomic mass is 10.0. The summed E-state index contributed by atoms with van der Waals surface area (Å²) in [4.78, 5) is 1.04. The molecular formula is C9H10BrClO2S2. The van der Waals surface area contributed by atoms with E-state index in [1.54, 1.807) is 11.3 Å². The summed E-state index contributed by atoms with van der Waals surface area (Å²) in [7, 11) is -2.84. The molecule has 1 fully saturated rings. The van der Waals surface area contributed by atoms with E-state index in [0.717, 1.165) is 9.35 Å². The summed E-state index contributed by atoms with van der Waals surface area (Å²) in [6, 6.07) is 1.94. The van der Waals surface area contributed by atoms with Gasteiger partial charge in [0.2, 0.25) is 0 Å². The second-order valence-corrected chi connectivity index (χ2v) is 8.20. The van der Waals surface area contributed by atoms with Crippen molar-refractivity contribution in [1.82, 2.24) is 0 Å². The van der Waals surface area contributed by atoms with Crippen molar-refractivity contribution < 1.29 is 8.42 Å². The molecule has 0 aliphatic carbocycles. The van der Waals surface area contributed by atoms with Crippen molar-refractivity contribution in [1.29, 1.82) is 0 Å². The van der Waals surface area contributed by atoms with Crippen LogP contribution < -0.4 is 0 Å². The van der Waals surface area contributed by atoms with Gasteiger partial charge in [-0.15, -0.1) is 22.9 Å². The van der Waals surface area contributed by atoms with E-state index in [9.17, 15) is 8.42 Å². The molecule has 1 saturated heterocycles. The van der Waals surface area contributed by atoms with Gasteiger partial charge < -0.3 is 0 Å². The highest BCUT2D eigenvalue weighted by molar-refractivity contribution is 9.10. The first kappa shape index (κ1) is 11.9. The Morgan fingerprint density at radius 3 is 2.80 bits per heavy atom. The second-order valence-electron chi connectivity index (χ2n) is 3.70. The molecule has 2 unspecified atom stereocenters. The molecule has 6 heteroatoms. The smallest absolute Gasteiger partial charge is 0.150 e. The van der Waals surface area contributed by atoms with E-state index in [4.69, 9.17) is 11.6 Å². The Hall–Kier alpha value is 0.420. The molecule has 15 heavy (non-hydrogen) atoms. The Balaban J connectivity index is 2.17. The zero-order chi connectivity index (χ0) is 11.1. The molecule has 2 nitrogen and oxygen atoms in total. The van der Waals surface area contributed by atoms with Crippen molar-refractivity contribution in [3.05, 3.63) is 20.8 Å². The number of hydrogen-bond acceptors (Lipinski definition) is 3. The normalized spacial score (nSPS) is 26.7. The van der Waals surface area contributed by atoms with Crippen LogP contribution in [0.4, 0.5) is 0 Å². The van der Waals surface area contributed by atoms with E-state index in [-0.39, 0.29) is 22.8 Å². The number of thiophene rings is 1. The predicted molar refractivity (Wildman–Crippen MR) is 67.4 cm³/mol. The summed E-state index contributed by atoms with van der Waals surface area (Å²) >= 11 is 11.3. The summed E-state index contributed by atoms with van der Waals surface area (Å²) in [6.45, 7) is 0. The first-order chi connectivity index (χ1) is 6.99. The number of rotatable bonds is 2. The quantitative estimate of drug-likeness (QED) is 0.781. The highest BCUT2D eigenvalue weighted by atomic mass is 79.9. The molecule has 0 radical (unpaired) electrons. The number of alkyl halides is 1. The molecule has 1 aromatic heterocycles. The molecule has 1 aromatic rings. The molecule has 0 amide bonds.